The van der Waals surface area contributed by atoms with Gasteiger partial charge in [0.1, 0.15) is 0 Å². The summed E-state index contributed by atoms with van der Waals surface area (Å²) < 4.78 is 37.7. The Morgan fingerprint density at radius 1 is 1.26 bits per heavy atom. The lowest BCUT2D eigenvalue weighted by Gasteiger charge is -2.19. The predicted octanol–water partition coefficient (Wildman–Crippen LogP) is 2.06. The number of hydrogen-bond acceptors (Lipinski definition) is 4. The van der Waals surface area contributed by atoms with Gasteiger partial charge in [0.25, 0.3) is 11.7 Å². The van der Waals surface area contributed by atoms with Gasteiger partial charge in [0, 0.05) is 0 Å². The molecule has 5 nitrogen and oxygen atoms in total. The molecule has 0 radical (unpaired) electrons. The summed E-state index contributed by atoms with van der Waals surface area (Å²) in [6, 6.07) is 1.19. The van der Waals surface area contributed by atoms with Gasteiger partial charge in [-0.15, -0.1) is 0 Å². The minimum absolute atomic E-state index is 0.248. The van der Waals surface area contributed by atoms with Gasteiger partial charge in [-0.2, -0.15) is 13.2 Å². The molecule has 0 unspecified atom stereocenters. The van der Waals surface area contributed by atoms with Crippen LogP contribution in [0.2, 0.25) is 5.02 Å². The van der Waals surface area contributed by atoms with E-state index >= 15 is 0 Å². The maximum Gasteiger partial charge on any atom is 0.416 e. The Labute approximate surface area is 108 Å². The van der Waals surface area contributed by atoms with Crippen LogP contribution in [0.25, 0.3) is 0 Å². The second-order valence-corrected chi connectivity index (χ2v) is 4.02. The molecule has 0 aromatic heterocycles. The van der Waals surface area contributed by atoms with Crippen LogP contribution >= 0.6 is 11.6 Å². The summed E-state index contributed by atoms with van der Waals surface area (Å²) in [5.41, 5.74) is -2.38. The lowest BCUT2D eigenvalue weighted by Crippen LogP contribution is -2.36. The Morgan fingerprint density at radius 2 is 1.89 bits per heavy atom. The molecule has 0 atom stereocenters. The molecular formula is C10H4ClF3N2O3. The van der Waals surface area contributed by atoms with Crippen molar-refractivity contribution in [1.29, 1.82) is 0 Å². The number of hydrogen-bond donors (Lipinski definition) is 2. The standard InChI is InChI=1S/C10H4ClF3N2O3/c11-4-1-3(10(12,13)14)2-5-6(4)7(16-19)8(17)9(18)15-5/h1-2,19H,(H,15,18). The molecule has 0 saturated heterocycles. The van der Waals surface area contributed by atoms with Gasteiger partial charge in [0.15, 0.2) is 5.71 Å². The fourth-order valence-electron chi connectivity index (χ4n) is 1.61. The first-order valence-corrected chi connectivity index (χ1v) is 5.12. The number of nitrogens with zero attached hydrogens (tertiary/aromatic N) is 1. The minimum atomic E-state index is -4.67. The molecule has 0 aliphatic carbocycles. The van der Waals surface area contributed by atoms with Crippen molar-refractivity contribution in [1.82, 2.24) is 0 Å². The molecule has 19 heavy (non-hydrogen) atoms. The smallest absolute Gasteiger partial charge is 0.410 e. The van der Waals surface area contributed by atoms with Crippen molar-refractivity contribution < 1.29 is 28.0 Å². The summed E-state index contributed by atoms with van der Waals surface area (Å²) in [5, 5.41) is 12.8. The monoisotopic (exact) mass is 292 g/mol. The fourth-order valence-corrected chi connectivity index (χ4v) is 1.91. The van der Waals surface area contributed by atoms with Gasteiger partial charge >= 0.3 is 6.18 Å². The van der Waals surface area contributed by atoms with Crippen molar-refractivity contribution >= 4 is 34.7 Å². The number of halogens is 4. The summed E-state index contributed by atoms with van der Waals surface area (Å²) in [6.07, 6.45) is -4.67. The van der Waals surface area contributed by atoms with Crippen LogP contribution in [0.1, 0.15) is 11.1 Å². The Hall–Kier alpha value is -2.09. The Balaban J connectivity index is 2.71. The summed E-state index contributed by atoms with van der Waals surface area (Å²) in [7, 11) is 0. The van der Waals surface area contributed by atoms with Gasteiger partial charge in [-0.1, -0.05) is 16.8 Å². The van der Waals surface area contributed by atoms with Gasteiger partial charge in [0.2, 0.25) is 0 Å². The maximum absolute atomic E-state index is 12.6. The second-order valence-electron chi connectivity index (χ2n) is 3.61. The van der Waals surface area contributed by atoms with E-state index in [-0.39, 0.29) is 11.3 Å². The SMILES string of the molecule is O=C1Nc2cc(C(F)(F)F)cc(Cl)c2C(=NO)C1=O. The highest BCUT2D eigenvalue weighted by atomic mass is 35.5. The molecule has 1 heterocycles. The van der Waals surface area contributed by atoms with Gasteiger partial charge in [-0.05, 0) is 12.1 Å². The number of amides is 1. The maximum atomic E-state index is 12.6. The van der Waals surface area contributed by atoms with Gasteiger partial charge < -0.3 is 10.5 Å². The Bertz CT molecular complexity index is 625. The third kappa shape index (κ3) is 2.14. The van der Waals surface area contributed by atoms with Crippen LogP contribution in [-0.2, 0) is 15.8 Å². The highest BCUT2D eigenvalue weighted by molar-refractivity contribution is 6.72. The number of alkyl halides is 3. The first-order chi connectivity index (χ1) is 8.75. The number of fused-ring (bicyclic) bond motifs is 1. The number of carbonyl (C=O) groups excluding carboxylic acids is 2. The van der Waals surface area contributed by atoms with Crippen molar-refractivity contribution in [2.75, 3.05) is 5.32 Å². The van der Waals surface area contributed by atoms with Gasteiger partial charge in [0.05, 0.1) is 21.8 Å². The molecule has 1 aliphatic rings. The Kier molecular flexibility index (Phi) is 2.97. The highest BCUT2D eigenvalue weighted by Gasteiger charge is 2.37. The molecule has 1 aromatic rings. The van der Waals surface area contributed by atoms with E-state index in [2.05, 4.69) is 5.16 Å². The van der Waals surface area contributed by atoms with Crippen LogP contribution < -0.4 is 5.32 Å². The average molecular weight is 293 g/mol. The molecule has 2 rings (SSSR count). The third-order valence-corrected chi connectivity index (χ3v) is 2.72. The number of carbonyl (C=O) groups is 2. The van der Waals surface area contributed by atoms with E-state index in [0.29, 0.717) is 12.1 Å². The van der Waals surface area contributed by atoms with E-state index in [1.54, 1.807) is 0 Å². The number of ketones is 1. The highest BCUT2D eigenvalue weighted by Crippen LogP contribution is 2.37. The predicted molar refractivity (Wildman–Crippen MR) is 58.4 cm³/mol. The van der Waals surface area contributed by atoms with Gasteiger partial charge in [-0.25, -0.2) is 0 Å². The molecule has 2 N–H and O–H groups in total. The quantitative estimate of drug-likeness (QED) is 0.436. The topological polar surface area (TPSA) is 78.8 Å². The van der Waals surface area contributed by atoms with Crippen molar-refractivity contribution in [2.24, 2.45) is 5.16 Å². The molecule has 9 heteroatoms. The zero-order valence-corrected chi connectivity index (χ0v) is 9.63. The second kappa shape index (κ2) is 4.23. The number of oxime groups is 1. The summed E-state index contributed by atoms with van der Waals surface area (Å²) >= 11 is 5.64. The first kappa shape index (κ1) is 13.3. The summed E-state index contributed by atoms with van der Waals surface area (Å²) in [5.74, 6) is -2.38. The number of nitrogens with one attached hydrogen (secondary N) is 1. The van der Waals surface area contributed by atoms with Crippen molar-refractivity contribution in [3.8, 4) is 0 Å². The van der Waals surface area contributed by atoms with Crippen LogP contribution in [0.4, 0.5) is 18.9 Å². The lowest BCUT2D eigenvalue weighted by molar-refractivity contribution is -0.137. The largest absolute Gasteiger partial charge is 0.416 e. The van der Waals surface area contributed by atoms with Gasteiger partial charge in [-0.3, -0.25) is 9.59 Å². The molecule has 1 aliphatic heterocycles. The number of anilines is 1. The molecule has 0 saturated carbocycles. The van der Waals surface area contributed by atoms with E-state index in [9.17, 15) is 22.8 Å². The van der Waals surface area contributed by atoms with Crippen LogP contribution in [0.3, 0.4) is 0 Å². The van der Waals surface area contributed by atoms with E-state index in [1.165, 1.54) is 0 Å². The zero-order valence-electron chi connectivity index (χ0n) is 8.88. The summed E-state index contributed by atoms with van der Waals surface area (Å²) in [4.78, 5) is 22.6. The van der Waals surface area contributed by atoms with Crippen LogP contribution in [-0.4, -0.2) is 22.6 Å². The van der Waals surface area contributed by atoms with E-state index in [4.69, 9.17) is 16.8 Å². The molecule has 1 aromatic carbocycles. The number of benzene rings is 1. The molecule has 0 bridgehead atoms. The van der Waals surface area contributed by atoms with E-state index in [1.807, 2.05) is 5.32 Å². The van der Waals surface area contributed by atoms with Crippen LogP contribution in [0, 0.1) is 0 Å². The van der Waals surface area contributed by atoms with Crippen LogP contribution in [0.5, 0.6) is 0 Å². The third-order valence-electron chi connectivity index (χ3n) is 2.42. The van der Waals surface area contributed by atoms with E-state index in [0.717, 1.165) is 0 Å². The zero-order chi connectivity index (χ0) is 14.4. The summed E-state index contributed by atoms with van der Waals surface area (Å²) in [6.45, 7) is 0. The normalized spacial score (nSPS) is 17.4. The minimum Gasteiger partial charge on any atom is -0.410 e. The number of Topliss-reactive ketones (excluding diaryl/α,β-unsaturated/α-hetero) is 1. The van der Waals surface area contributed by atoms with Crippen molar-refractivity contribution in [3.63, 3.8) is 0 Å². The first-order valence-electron chi connectivity index (χ1n) is 4.74. The van der Waals surface area contributed by atoms with E-state index < -0.39 is 34.2 Å². The van der Waals surface area contributed by atoms with Crippen molar-refractivity contribution in [3.05, 3.63) is 28.3 Å². The average Bonchev–Trinajstić information content (AvgIpc) is 2.30. The molecule has 100 valence electrons. The molecule has 0 spiro atoms. The fraction of sp³-hybridized carbons (Fsp3) is 0.100. The van der Waals surface area contributed by atoms with Crippen molar-refractivity contribution in [2.45, 2.75) is 6.18 Å². The molecule has 1 amide bonds. The lowest BCUT2D eigenvalue weighted by atomic mass is 9.97. The van der Waals surface area contributed by atoms with Crippen LogP contribution in [0.15, 0.2) is 17.3 Å². The Morgan fingerprint density at radius 3 is 2.42 bits per heavy atom. The molecular weight excluding hydrogens is 289 g/mol. The molecule has 0 fully saturated rings. The number of rotatable bonds is 0.